The molecule has 5 nitrogen and oxygen atoms in total. The van der Waals surface area contributed by atoms with Crippen molar-refractivity contribution in [1.82, 2.24) is 15.0 Å². The molecule has 2 aromatic carbocycles. The lowest BCUT2D eigenvalue weighted by molar-refractivity contribution is 0.104. The Labute approximate surface area is 225 Å². The van der Waals surface area contributed by atoms with Gasteiger partial charge in [0.05, 0.1) is 0 Å². The molecule has 0 amide bonds. The topological polar surface area (TPSA) is 59.0 Å². The molecule has 0 bridgehead atoms. The first-order chi connectivity index (χ1) is 15.9. The van der Waals surface area contributed by atoms with E-state index in [2.05, 4.69) is 15.0 Å². The summed E-state index contributed by atoms with van der Waals surface area (Å²) in [6.45, 7) is 0. The number of benzene rings is 2. The van der Waals surface area contributed by atoms with Gasteiger partial charge >= 0.3 is 0 Å². The van der Waals surface area contributed by atoms with Crippen LogP contribution in [-0.2, 0) is 7.59 Å². The Kier molecular flexibility index (Phi) is 7.16. The number of para-hydroxylation sites is 1. The summed E-state index contributed by atoms with van der Waals surface area (Å²) in [6, 6.07) is 14.5. The van der Waals surface area contributed by atoms with Gasteiger partial charge in [-0.2, -0.15) is 0 Å². The number of carbonyl (C=O) groups excluding carboxylic acids is 1. The van der Waals surface area contributed by atoms with E-state index in [1.807, 2.05) is 48.4 Å². The summed E-state index contributed by atoms with van der Waals surface area (Å²) >= 11 is 35.6. The third-order valence-electron chi connectivity index (χ3n) is 4.97. The maximum Gasteiger partial charge on any atom is 0.250 e. The van der Waals surface area contributed by atoms with E-state index in [4.69, 9.17) is 69.6 Å². The van der Waals surface area contributed by atoms with Crippen molar-refractivity contribution in [3.05, 3.63) is 89.2 Å². The fourth-order valence-corrected chi connectivity index (χ4v) is 3.77. The molecule has 2 heterocycles. The van der Waals surface area contributed by atoms with Crippen molar-refractivity contribution in [3.63, 3.8) is 0 Å². The number of allylic oxidation sites excluding steroid dienone is 2. The first kappa shape index (κ1) is 25.2. The summed E-state index contributed by atoms with van der Waals surface area (Å²) in [5.74, 6) is -0.430. The molecule has 0 fully saturated rings. The second-order valence-electron chi connectivity index (χ2n) is 7.26. The van der Waals surface area contributed by atoms with Crippen molar-refractivity contribution < 1.29 is 4.79 Å². The van der Waals surface area contributed by atoms with Crippen LogP contribution in [-0.4, -0.2) is 27.8 Å². The summed E-state index contributed by atoms with van der Waals surface area (Å²) in [7, 11) is 1.91. The smallest absolute Gasteiger partial charge is 0.250 e. The lowest BCUT2D eigenvalue weighted by Crippen LogP contribution is -2.19. The monoisotopic (exact) mass is 572 g/mol. The number of hydrogen-bond acceptors (Lipinski definition) is 5. The standard InChI is InChI=1S/C23H14Cl6N4O/c1-33-16(11-10-13-4-2-3-5-17(13)33)12-18(34)14-6-8-15(9-7-14)19-30-20(22(24,25)26)32-21(31-19)23(27,28)29/h2-12H,1H3. The number of alkyl halides is 6. The average Bonchev–Trinajstić information content (AvgIpc) is 2.79. The number of anilines is 1. The second-order valence-corrected chi connectivity index (χ2v) is 11.8. The van der Waals surface area contributed by atoms with Gasteiger partial charge in [0, 0.05) is 35.6 Å². The van der Waals surface area contributed by atoms with Gasteiger partial charge in [-0.25, -0.2) is 15.0 Å². The number of ketones is 1. The Morgan fingerprint density at radius 3 is 2.00 bits per heavy atom. The highest BCUT2D eigenvalue weighted by molar-refractivity contribution is 6.67. The molecule has 1 aromatic heterocycles. The molecule has 0 radical (unpaired) electrons. The van der Waals surface area contributed by atoms with Crippen LogP contribution in [0, 0.1) is 0 Å². The molecule has 0 unspecified atom stereocenters. The van der Waals surface area contributed by atoms with Crippen molar-refractivity contribution in [3.8, 4) is 11.4 Å². The highest BCUT2D eigenvalue weighted by Gasteiger charge is 2.34. The largest absolute Gasteiger partial charge is 0.344 e. The van der Waals surface area contributed by atoms with E-state index >= 15 is 0 Å². The van der Waals surface area contributed by atoms with Crippen LogP contribution in [0.5, 0.6) is 0 Å². The number of fused-ring (bicyclic) bond motifs is 1. The molecule has 3 aromatic rings. The van der Waals surface area contributed by atoms with Crippen LogP contribution in [0.15, 0.2) is 66.4 Å². The Hall–Kier alpha value is -1.86. The van der Waals surface area contributed by atoms with Crippen LogP contribution >= 0.6 is 69.6 Å². The highest BCUT2D eigenvalue weighted by atomic mass is 35.6. The van der Waals surface area contributed by atoms with Gasteiger partial charge in [-0.1, -0.05) is 118 Å². The summed E-state index contributed by atoms with van der Waals surface area (Å²) in [5, 5.41) is 0. The molecule has 0 atom stereocenters. The van der Waals surface area contributed by atoms with Crippen molar-refractivity contribution in [2.24, 2.45) is 0 Å². The van der Waals surface area contributed by atoms with Crippen LogP contribution in [0.3, 0.4) is 0 Å². The molecule has 1 aliphatic heterocycles. The van der Waals surface area contributed by atoms with Crippen LogP contribution in [0.1, 0.15) is 27.6 Å². The van der Waals surface area contributed by atoms with Crippen molar-refractivity contribution >= 4 is 87.2 Å². The summed E-state index contributed by atoms with van der Waals surface area (Å²) in [4.78, 5) is 27.2. The lowest BCUT2D eigenvalue weighted by Gasteiger charge is -2.26. The fraction of sp³-hybridized carbons (Fsp3) is 0.130. The van der Waals surface area contributed by atoms with Gasteiger partial charge in [-0.05, 0) is 17.7 Å². The van der Waals surface area contributed by atoms with E-state index in [1.165, 1.54) is 0 Å². The minimum absolute atomic E-state index is 0.126. The molecule has 11 heteroatoms. The van der Waals surface area contributed by atoms with E-state index < -0.39 is 7.59 Å². The number of hydrogen-bond donors (Lipinski definition) is 0. The predicted octanol–water partition coefficient (Wildman–Crippen LogP) is 7.42. The molecular weight excluding hydrogens is 561 g/mol. The van der Waals surface area contributed by atoms with E-state index in [1.54, 1.807) is 30.3 Å². The van der Waals surface area contributed by atoms with Gasteiger partial charge in [-0.15, -0.1) is 0 Å². The molecule has 0 aliphatic carbocycles. The molecule has 174 valence electrons. The zero-order valence-electron chi connectivity index (χ0n) is 17.3. The van der Waals surface area contributed by atoms with Gasteiger partial charge in [0.25, 0.3) is 0 Å². The van der Waals surface area contributed by atoms with Crippen LogP contribution in [0.2, 0.25) is 0 Å². The fourth-order valence-electron chi connectivity index (χ4n) is 3.26. The lowest BCUT2D eigenvalue weighted by atomic mass is 10.0. The third-order valence-corrected chi connectivity index (χ3v) is 5.98. The van der Waals surface area contributed by atoms with Crippen LogP contribution in [0.4, 0.5) is 5.69 Å². The Balaban J connectivity index is 1.63. The van der Waals surface area contributed by atoms with Gasteiger partial charge in [0.2, 0.25) is 7.59 Å². The van der Waals surface area contributed by atoms with Gasteiger partial charge in [0.15, 0.2) is 23.3 Å². The van der Waals surface area contributed by atoms with Gasteiger partial charge in [0.1, 0.15) is 0 Å². The molecule has 4 rings (SSSR count). The van der Waals surface area contributed by atoms with Crippen molar-refractivity contribution in [2.75, 3.05) is 11.9 Å². The summed E-state index contributed by atoms with van der Waals surface area (Å²) in [5.41, 5.74) is 3.85. The summed E-state index contributed by atoms with van der Waals surface area (Å²) < 4.78 is -3.91. The molecule has 0 spiro atoms. The van der Waals surface area contributed by atoms with Crippen LogP contribution in [0.25, 0.3) is 17.5 Å². The molecule has 0 saturated carbocycles. The van der Waals surface area contributed by atoms with Gasteiger partial charge in [-0.3, -0.25) is 4.79 Å². The average molecular weight is 575 g/mol. The van der Waals surface area contributed by atoms with E-state index in [0.29, 0.717) is 11.1 Å². The summed E-state index contributed by atoms with van der Waals surface area (Å²) in [6.07, 6.45) is 5.45. The predicted molar refractivity (Wildman–Crippen MR) is 140 cm³/mol. The number of rotatable bonds is 3. The quantitative estimate of drug-likeness (QED) is 0.185. The Morgan fingerprint density at radius 2 is 1.41 bits per heavy atom. The Morgan fingerprint density at radius 1 is 0.824 bits per heavy atom. The maximum atomic E-state index is 12.9. The van der Waals surface area contributed by atoms with Crippen molar-refractivity contribution in [2.45, 2.75) is 7.59 Å². The third kappa shape index (κ3) is 5.51. The van der Waals surface area contributed by atoms with Crippen molar-refractivity contribution in [1.29, 1.82) is 0 Å². The minimum Gasteiger partial charge on any atom is -0.344 e. The zero-order valence-corrected chi connectivity index (χ0v) is 21.9. The van der Waals surface area contributed by atoms with Gasteiger partial charge < -0.3 is 4.90 Å². The number of likely N-dealkylation sites (N-methyl/N-ethyl adjacent to an activating group) is 1. The van der Waals surface area contributed by atoms with E-state index in [0.717, 1.165) is 16.9 Å². The maximum absolute atomic E-state index is 12.9. The molecular formula is C23H14Cl6N4O. The molecule has 0 saturated heterocycles. The second kappa shape index (κ2) is 9.65. The van der Waals surface area contributed by atoms with Crippen LogP contribution < -0.4 is 4.90 Å². The normalized spacial score (nSPS) is 14.9. The number of halogens is 6. The molecule has 34 heavy (non-hydrogen) atoms. The Bertz CT molecular complexity index is 1280. The molecule has 0 N–H and O–H groups in total. The zero-order chi connectivity index (χ0) is 24.7. The minimum atomic E-state index is -1.96. The highest BCUT2D eigenvalue weighted by Crippen LogP contribution is 2.40. The number of nitrogens with zero attached hydrogens (tertiary/aromatic N) is 4. The SMILES string of the molecule is CN1C(=CC(=O)c2ccc(-c3nc(C(Cl)(Cl)Cl)nc(C(Cl)(Cl)Cl)n3)cc2)C=Cc2ccccc21. The molecule has 1 aliphatic rings. The van der Waals surface area contributed by atoms with E-state index in [9.17, 15) is 4.79 Å². The first-order valence-corrected chi connectivity index (χ1v) is 12.0. The van der Waals surface area contributed by atoms with E-state index in [-0.39, 0.29) is 23.3 Å². The number of carbonyl (C=O) groups is 1. The number of aromatic nitrogens is 3. The first-order valence-electron chi connectivity index (χ1n) is 9.71.